The van der Waals surface area contributed by atoms with Gasteiger partial charge in [-0.3, -0.25) is 9.48 Å². The molecule has 1 N–H and O–H groups in total. The van der Waals surface area contributed by atoms with Crippen LogP contribution in [0.2, 0.25) is 0 Å². The van der Waals surface area contributed by atoms with Crippen LogP contribution in [0.15, 0.2) is 64.4 Å². The normalized spacial score (nSPS) is 12.6. The molecule has 2 heterocycles. The van der Waals surface area contributed by atoms with Crippen molar-refractivity contribution in [2.75, 3.05) is 12.8 Å². The summed E-state index contributed by atoms with van der Waals surface area (Å²) >= 11 is 1.61. The second kappa shape index (κ2) is 8.49. The Morgan fingerprint density at radius 3 is 2.63 bits per heavy atom. The highest BCUT2D eigenvalue weighted by molar-refractivity contribution is 7.90. The highest BCUT2D eigenvalue weighted by Crippen LogP contribution is 2.19. The first-order chi connectivity index (χ1) is 12.9. The van der Waals surface area contributed by atoms with Crippen molar-refractivity contribution in [2.45, 2.75) is 23.8 Å². The highest BCUT2D eigenvalue weighted by atomic mass is 32.2. The van der Waals surface area contributed by atoms with Crippen LogP contribution < -0.4 is 5.32 Å². The van der Waals surface area contributed by atoms with E-state index in [0.717, 1.165) is 11.1 Å². The minimum atomic E-state index is -3.20. The van der Waals surface area contributed by atoms with Crippen molar-refractivity contribution in [3.8, 4) is 0 Å². The number of aromatic nitrogens is 2. The number of nitrogens with one attached hydrogen (secondary N) is 1. The average Bonchev–Trinajstić information content (AvgIpc) is 3.34. The van der Waals surface area contributed by atoms with E-state index in [2.05, 4.69) is 15.8 Å². The molecule has 27 heavy (non-hydrogen) atoms. The number of hydrogen-bond donors (Lipinski definition) is 1. The fourth-order valence-electron chi connectivity index (χ4n) is 2.75. The van der Waals surface area contributed by atoms with Gasteiger partial charge >= 0.3 is 0 Å². The number of amides is 1. The van der Waals surface area contributed by atoms with Gasteiger partial charge in [0.1, 0.15) is 0 Å². The Kier molecular flexibility index (Phi) is 6.08. The molecule has 0 unspecified atom stereocenters. The van der Waals surface area contributed by atoms with Crippen molar-refractivity contribution >= 4 is 27.1 Å². The Bertz CT molecular complexity index is 930. The molecule has 3 rings (SSSR count). The van der Waals surface area contributed by atoms with Crippen LogP contribution in [0.3, 0.4) is 0 Å². The number of nitrogens with zero attached hydrogens (tertiary/aromatic N) is 2. The molecule has 1 atom stereocenters. The summed E-state index contributed by atoms with van der Waals surface area (Å²) in [6.07, 6.45) is 5.69. The van der Waals surface area contributed by atoms with E-state index in [9.17, 15) is 13.2 Å². The van der Waals surface area contributed by atoms with Gasteiger partial charge in [0.2, 0.25) is 5.91 Å². The molecule has 0 aliphatic carbocycles. The lowest BCUT2D eigenvalue weighted by atomic mass is 10.1. The first kappa shape index (κ1) is 19.3. The van der Waals surface area contributed by atoms with Crippen molar-refractivity contribution in [1.29, 1.82) is 0 Å². The minimum Gasteiger partial charge on any atom is -0.354 e. The van der Waals surface area contributed by atoms with Crippen LogP contribution >= 0.6 is 11.3 Å². The second-order valence-corrected chi connectivity index (χ2v) is 9.07. The molecule has 0 saturated heterocycles. The number of rotatable bonds is 8. The zero-order valence-corrected chi connectivity index (χ0v) is 16.5. The maximum absolute atomic E-state index is 12.3. The Labute approximate surface area is 162 Å². The van der Waals surface area contributed by atoms with Gasteiger partial charge < -0.3 is 5.32 Å². The molecular weight excluding hydrogens is 382 g/mol. The summed E-state index contributed by atoms with van der Waals surface area (Å²) in [6, 6.07) is 10.5. The van der Waals surface area contributed by atoms with Crippen LogP contribution in [0.4, 0.5) is 0 Å². The topological polar surface area (TPSA) is 81.1 Å². The Hall–Kier alpha value is -2.45. The van der Waals surface area contributed by atoms with Crippen LogP contribution in [0.25, 0.3) is 0 Å². The number of hydrogen-bond acceptors (Lipinski definition) is 5. The summed E-state index contributed by atoms with van der Waals surface area (Å²) < 4.78 is 24.8. The molecule has 1 aromatic carbocycles. The number of sulfone groups is 1. The highest BCUT2D eigenvalue weighted by Gasteiger charge is 2.16. The number of carbonyl (C=O) groups is 1. The molecule has 1 amide bonds. The molecule has 0 saturated carbocycles. The first-order valence-corrected chi connectivity index (χ1v) is 11.3. The van der Waals surface area contributed by atoms with Crippen LogP contribution in [-0.4, -0.2) is 36.9 Å². The van der Waals surface area contributed by atoms with Crippen LogP contribution in [0.1, 0.15) is 23.6 Å². The third kappa shape index (κ3) is 5.27. The van der Waals surface area contributed by atoms with Gasteiger partial charge in [0.25, 0.3) is 0 Å². The van der Waals surface area contributed by atoms with E-state index < -0.39 is 9.84 Å². The number of aryl methyl sites for hydroxylation is 1. The van der Waals surface area contributed by atoms with Gasteiger partial charge in [-0.25, -0.2) is 8.42 Å². The fourth-order valence-corrected chi connectivity index (χ4v) is 4.09. The third-order valence-corrected chi connectivity index (χ3v) is 6.09. The first-order valence-electron chi connectivity index (χ1n) is 8.50. The summed E-state index contributed by atoms with van der Waals surface area (Å²) in [6.45, 7) is 0.463. The van der Waals surface area contributed by atoms with E-state index in [0.29, 0.717) is 19.4 Å². The van der Waals surface area contributed by atoms with Gasteiger partial charge in [-0.2, -0.15) is 16.4 Å². The summed E-state index contributed by atoms with van der Waals surface area (Å²) in [5.74, 6) is -0.0467. The van der Waals surface area contributed by atoms with Crippen LogP contribution in [0, 0.1) is 0 Å². The lowest BCUT2D eigenvalue weighted by Gasteiger charge is -2.17. The maximum atomic E-state index is 12.3. The van der Waals surface area contributed by atoms with Crippen LogP contribution in [0.5, 0.6) is 0 Å². The number of benzene rings is 1. The Balaban J connectivity index is 1.54. The van der Waals surface area contributed by atoms with Gasteiger partial charge in [0, 0.05) is 31.6 Å². The Morgan fingerprint density at radius 2 is 2.04 bits per heavy atom. The molecule has 0 spiro atoms. The molecular formula is C19H21N3O3S2. The summed E-state index contributed by atoms with van der Waals surface area (Å²) in [7, 11) is -3.20. The lowest BCUT2D eigenvalue weighted by molar-refractivity contribution is -0.121. The van der Waals surface area contributed by atoms with E-state index in [-0.39, 0.29) is 16.8 Å². The molecule has 0 fully saturated rings. The van der Waals surface area contributed by atoms with Gasteiger partial charge in [0.15, 0.2) is 9.84 Å². The van der Waals surface area contributed by atoms with Crippen molar-refractivity contribution in [3.63, 3.8) is 0 Å². The number of thiophene rings is 1. The van der Waals surface area contributed by atoms with Crippen LogP contribution in [-0.2, 0) is 21.1 Å². The fraction of sp³-hybridized carbons (Fsp3) is 0.263. The number of carbonyl (C=O) groups excluding carboxylic acids is 1. The molecule has 2 aromatic heterocycles. The van der Waals surface area contributed by atoms with Gasteiger partial charge in [-0.1, -0.05) is 12.1 Å². The zero-order valence-electron chi connectivity index (χ0n) is 14.9. The summed E-state index contributed by atoms with van der Waals surface area (Å²) in [5, 5.41) is 11.3. The second-order valence-electron chi connectivity index (χ2n) is 6.28. The van der Waals surface area contributed by atoms with E-state index in [1.54, 1.807) is 41.8 Å². The van der Waals surface area contributed by atoms with E-state index in [4.69, 9.17) is 0 Å². The molecule has 6 nitrogen and oxygen atoms in total. The predicted octanol–water partition coefficient (Wildman–Crippen LogP) is 2.69. The molecule has 142 valence electrons. The maximum Gasteiger partial charge on any atom is 0.220 e. The van der Waals surface area contributed by atoms with Crippen molar-refractivity contribution in [3.05, 3.63) is 70.7 Å². The van der Waals surface area contributed by atoms with E-state index in [1.165, 1.54) is 6.26 Å². The smallest absolute Gasteiger partial charge is 0.220 e. The summed E-state index contributed by atoms with van der Waals surface area (Å²) in [4.78, 5) is 12.5. The van der Waals surface area contributed by atoms with E-state index >= 15 is 0 Å². The monoisotopic (exact) mass is 403 g/mol. The minimum absolute atomic E-state index is 0.0377. The molecule has 3 aromatic rings. The molecule has 8 heteroatoms. The van der Waals surface area contributed by atoms with Gasteiger partial charge in [-0.05, 0) is 52.6 Å². The van der Waals surface area contributed by atoms with Crippen molar-refractivity contribution in [2.24, 2.45) is 0 Å². The standard InChI is InChI=1S/C19H21N3O3S2/c1-27(24,25)17-6-3-15(4-7-17)5-8-19(23)20-13-18(16-9-12-26-14-16)22-11-2-10-21-22/h2-4,6-7,9-12,14,18H,5,8,13H2,1H3,(H,20,23)/t18-/m1/s1. The largest absolute Gasteiger partial charge is 0.354 e. The quantitative estimate of drug-likeness (QED) is 0.627. The lowest BCUT2D eigenvalue weighted by Crippen LogP contribution is -2.31. The molecule has 0 aliphatic heterocycles. The van der Waals surface area contributed by atoms with Crippen molar-refractivity contribution < 1.29 is 13.2 Å². The molecule has 0 radical (unpaired) electrons. The molecule has 0 aliphatic rings. The summed E-state index contributed by atoms with van der Waals surface area (Å²) in [5.41, 5.74) is 2.04. The third-order valence-electron chi connectivity index (χ3n) is 4.26. The van der Waals surface area contributed by atoms with E-state index in [1.807, 2.05) is 28.4 Å². The van der Waals surface area contributed by atoms with Gasteiger partial charge in [0.05, 0.1) is 10.9 Å². The van der Waals surface area contributed by atoms with Crippen molar-refractivity contribution in [1.82, 2.24) is 15.1 Å². The average molecular weight is 404 g/mol. The zero-order chi connectivity index (χ0) is 19.3. The van der Waals surface area contributed by atoms with Gasteiger partial charge in [-0.15, -0.1) is 0 Å². The predicted molar refractivity (Wildman–Crippen MR) is 106 cm³/mol. The SMILES string of the molecule is CS(=O)(=O)c1ccc(CCC(=O)NC[C@H](c2ccsc2)n2cccn2)cc1. The molecule has 0 bridgehead atoms. The Morgan fingerprint density at radius 1 is 1.26 bits per heavy atom.